The van der Waals surface area contributed by atoms with Gasteiger partial charge in [-0.1, -0.05) is 64.1 Å². The molecule has 248 valence electrons. The average molecular weight is 647 g/mol. The summed E-state index contributed by atoms with van der Waals surface area (Å²) in [5, 5.41) is 4.33. The number of nitrogens with zero attached hydrogens (tertiary/aromatic N) is 1. The molecule has 1 aliphatic heterocycles. The first-order chi connectivity index (χ1) is 22.0. The maximum atomic E-state index is 7.12. The van der Waals surface area contributed by atoms with Crippen LogP contribution in [0.2, 0.25) is 0 Å². The van der Waals surface area contributed by atoms with Crippen LogP contribution in [0.4, 0.5) is 11.4 Å². The summed E-state index contributed by atoms with van der Waals surface area (Å²) in [4.78, 5) is 2.36. The molecule has 0 aromatic heterocycles. The number of rotatable bonds is 14. The number of ether oxygens (including phenoxy) is 4. The fourth-order valence-electron chi connectivity index (χ4n) is 6.28. The number of hydrogen-bond acceptors (Lipinski definition) is 6. The van der Waals surface area contributed by atoms with Gasteiger partial charge in [-0.25, -0.2) is 0 Å². The molecule has 0 bridgehead atoms. The SMILES string of the molecule is C=C(/C=C/C1=C(Cl)C(=C/C=C2/N(CCOC)c3ccc(OC)cc3C2(C)C)/CCC1)C(C)(C)c1cc(OC)ccc1NCCOC. The van der Waals surface area contributed by atoms with E-state index in [1.807, 2.05) is 12.1 Å². The molecule has 0 fully saturated rings. The van der Waals surface area contributed by atoms with E-state index in [1.165, 1.54) is 16.9 Å². The van der Waals surface area contributed by atoms with Crippen LogP contribution in [0.25, 0.3) is 0 Å². The summed E-state index contributed by atoms with van der Waals surface area (Å²) < 4.78 is 21.9. The summed E-state index contributed by atoms with van der Waals surface area (Å²) in [6.07, 6.45) is 11.6. The molecule has 2 aliphatic rings. The molecule has 2 aromatic rings. The molecule has 0 spiro atoms. The molecule has 0 amide bonds. The lowest BCUT2D eigenvalue weighted by Gasteiger charge is -2.30. The fraction of sp³-hybridized carbons (Fsp3) is 0.436. The van der Waals surface area contributed by atoms with E-state index in [-0.39, 0.29) is 10.8 Å². The molecule has 0 saturated heterocycles. The van der Waals surface area contributed by atoms with Crippen molar-refractivity contribution in [2.24, 2.45) is 0 Å². The van der Waals surface area contributed by atoms with Crippen LogP contribution in [0.15, 0.2) is 94.7 Å². The second-order valence-electron chi connectivity index (χ2n) is 12.9. The number of methoxy groups -OCH3 is 4. The Bertz CT molecular complexity index is 1530. The quantitative estimate of drug-likeness (QED) is 0.163. The van der Waals surface area contributed by atoms with E-state index < -0.39 is 0 Å². The standard InChI is InChI=1S/C39H51ClN2O4/c1-27(38(2,3)32-25-30(45-8)16-18-34(32)41-21-23-43-6)13-14-28-11-10-12-29(37(28)40)15-20-36-39(4,5)33-26-31(46-9)17-19-35(33)42(36)22-24-44-7/h13-20,25-26,41H,1,10-12,21-24H2,2-9H3/b14-13+,29-15+,36-20+. The normalized spacial score (nSPS) is 18.1. The van der Waals surface area contributed by atoms with Crippen LogP contribution in [0.3, 0.4) is 0 Å². The van der Waals surface area contributed by atoms with Crippen molar-refractivity contribution < 1.29 is 18.9 Å². The highest BCUT2D eigenvalue weighted by Crippen LogP contribution is 2.49. The fourth-order valence-corrected chi connectivity index (χ4v) is 6.60. The van der Waals surface area contributed by atoms with Crippen LogP contribution in [-0.2, 0) is 20.3 Å². The highest BCUT2D eigenvalue weighted by atomic mass is 35.5. The Morgan fingerprint density at radius 2 is 1.67 bits per heavy atom. The third-order valence-electron chi connectivity index (χ3n) is 9.33. The molecule has 0 unspecified atom stereocenters. The third kappa shape index (κ3) is 7.57. The minimum atomic E-state index is -0.358. The van der Waals surface area contributed by atoms with Gasteiger partial charge in [-0.2, -0.15) is 0 Å². The second-order valence-corrected chi connectivity index (χ2v) is 13.3. The Labute approximate surface area is 281 Å². The molecule has 4 rings (SSSR count). The van der Waals surface area contributed by atoms with Crippen molar-refractivity contribution in [2.45, 2.75) is 57.8 Å². The molecule has 6 nitrogen and oxygen atoms in total. The number of fused-ring (bicyclic) bond motifs is 1. The van der Waals surface area contributed by atoms with Crippen molar-refractivity contribution in [3.05, 3.63) is 106 Å². The molecule has 2 aromatic carbocycles. The lowest BCUT2D eigenvalue weighted by Crippen LogP contribution is -2.28. The molecule has 0 radical (unpaired) electrons. The summed E-state index contributed by atoms with van der Waals surface area (Å²) in [5.74, 6) is 1.68. The predicted octanol–water partition coefficient (Wildman–Crippen LogP) is 9.08. The van der Waals surface area contributed by atoms with Crippen molar-refractivity contribution >= 4 is 23.0 Å². The summed E-state index contributed by atoms with van der Waals surface area (Å²) in [5.41, 5.74) is 8.52. The molecular weight excluding hydrogens is 596 g/mol. The molecule has 46 heavy (non-hydrogen) atoms. The maximum absolute atomic E-state index is 7.12. The van der Waals surface area contributed by atoms with Gasteiger partial charge in [-0.05, 0) is 89.6 Å². The number of nitrogens with one attached hydrogen (secondary N) is 1. The van der Waals surface area contributed by atoms with Crippen molar-refractivity contribution in [1.82, 2.24) is 0 Å². The smallest absolute Gasteiger partial charge is 0.119 e. The van der Waals surface area contributed by atoms with Crippen LogP contribution in [0.1, 0.15) is 58.1 Å². The number of hydrogen-bond donors (Lipinski definition) is 1. The molecule has 1 N–H and O–H groups in total. The topological polar surface area (TPSA) is 52.2 Å². The number of benzene rings is 2. The van der Waals surface area contributed by atoms with E-state index in [0.29, 0.717) is 19.8 Å². The van der Waals surface area contributed by atoms with E-state index in [1.54, 1.807) is 28.4 Å². The number of anilines is 2. The minimum Gasteiger partial charge on any atom is -0.497 e. The van der Waals surface area contributed by atoms with Gasteiger partial charge < -0.3 is 29.2 Å². The van der Waals surface area contributed by atoms with E-state index in [2.05, 4.69) is 93.1 Å². The van der Waals surface area contributed by atoms with Gasteiger partial charge in [-0.3, -0.25) is 0 Å². The third-order valence-corrected chi connectivity index (χ3v) is 9.81. The van der Waals surface area contributed by atoms with Crippen LogP contribution in [-0.4, -0.2) is 54.7 Å². The Hall–Kier alpha value is -3.45. The highest BCUT2D eigenvalue weighted by molar-refractivity contribution is 6.32. The van der Waals surface area contributed by atoms with Crippen LogP contribution >= 0.6 is 11.6 Å². The monoisotopic (exact) mass is 646 g/mol. The number of halogens is 1. The zero-order valence-corrected chi connectivity index (χ0v) is 29.6. The van der Waals surface area contributed by atoms with E-state index in [0.717, 1.165) is 70.3 Å². The second kappa shape index (κ2) is 15.4. The van der Waals surface area contributed by atoms with Crippen molar-refractivity contribution in [1.29, 1.82) is 0 Å². The first kappa shape index (κ1) is 35.4. The van der Waals surface area contributed by atoms with E-state index in [4.69, 9.17) is 30.5 Å². The summed E-state index contributed by atoms with van der Waals surface area (Å²) in [7, 11) is 6.86. The van der Waals surface area contributed by atoms with Crippen molar-refractivity contribution in [3.8, 4) is 11.5 Å². The zero-order chi connectivity index (χ0) is 33.5. The highest BCUT2D eigenvalue weighted by Gasteiger charge is 2.40. The van der Waals surface area contributed by atoms with Gasteiger partial charge in [-0.15, -0.1) is 0 Å². The largest absolute Gasteiger partial charge is 0.497 e. The number of allylic oxidation sites excluding steroid dienone is 9. The molecule has 1 heterocycles. The van der Waals surface area contributed by atoms with E-state index in [9.17, 15) is 0 Å². The molecule has 1 aliphatic carbocycles. The Balaban J connectivity index is 1.62. The zero-order valence-electron chi connectivity index (χ0n) is 28.9. The van der Waals surface area contributed by atoms with Gasteiger partial charge in [0.2, 0.25) is 0 Å². The molecule has 0 saturated carbocycles. The first-order valence-electron chi connectivity index (χ1n) is 16.0. The molecule has 7 heteroatoms. The van der Waals surface area contributed by atoms with Gasteiger partial charge in [0.25, 0.3) is 0 Å². The van der Waals surface area contributed by atoms with E-state index >= 15 is 0 Å². The maximum Gasteiger partial charge on any atom is 0.119 e. The lowest BCUT2D eigenvalue weighted by atomic mass is 9.77. The van der Waals surface area contributed by atoms with Crippen molar-refractivity contribution in [2.75, 3.05) is 65.0 Å². The Morgan fingerprint density at radius 3 is 2.37 bits per heavy atom. The van der Waals surface area contributed by atoms with Gasteiger partial charge >= 0.3 is 0 Å². The summed E-state index contributed by atoms with van der Waals surface area (Å²) in [6.45, 7) is 16.1. The summed E-state index contributed by atoms with van der Waals surface area (Å²) in [6, 6.07) is 12.4. The van der Waals surface area contributed by atoms with Crippen LogP contribution < -0.4 is 19.7 Å². The predicted molar refractivity (Wildman–Crippen MR) is 193 cm³/mol. The molecular formula is C39H51ClN2O4. The van der Waals surface area contributed by atoms with Gasteiger partial charge in [0.1, 0.15) is 11.5 Å². The first-order valence-corrected chi connectivity index (χ1v) is 16.4. The van der Waals surface area contributed by atoms with Crippen LogP contribution in [0.5, 0.6) is 11.5 Å². The summed E-state index contributed by atoms with van der Waals surface area (Å²) >= 11 is 7.12. The van der Waals surface area contributed by atoms with Gasteiger partial charge in [0, 0.05) is 60.2 Å². The van der Waals surface area contributed by atoms with Gasteiger partial charge in [0.15, 0.2) is 0 Å². The van der Waals surface area contributed by atoms with Crippen molar-refractivity contribution in [3.63, 3.8) is 0 Å². The lowest BCUT2D eigenvalue weighted by molar-refractivity contribution is 0.206. The average Bonchev–Trinajstić information content (AvgIpc) is 3.26. The minimum absolute atomic E-state index is 0.205. The van der Waals surface area contributed by atoms with Crippen LogP contribution in [0, 0.1) is 0 Å². The Morgan fingerprint density at radius 1 is 0.978 bits per heavy atom. The van der Waals surface area contributed by atoms with Gasteiger partial charge in [0.05, 0.1) is 27.4 Å². The Kier molecular flexibility index (Phi) is 11.9. The molecule has 0 atom stereocenters.